The molecule has 0 aromatic heterocycles. The normalized spacial score (nSPS) is 23.2. The minimum atomic E-state index is -3.18. The molecule has 1 fully saturated rings. The van der Waals surface area contributed by atoms with Gasteiger partial charge in [-0.3, -0.25) is 0 Å². The molecule has 22 heavy (non-hydrogen) atoms. The standard InChI is InChI=1S/C14H19ClN2O4S/c1-2-21-14(18)17-13-9-22(19,20)8-12(13)16-7-10-4-3-5-11(15)6-10/h3-6,12-13,16H,2,7-9H2,1H3,(H,17,18)/t12-,13+/m1/s1. The molecule has 6 nitrogen and oxygen atoms in total. The molecule has 122 valence electrons. The molecular formula is C14H19ClN2O4S. The SMILES string of the molecule is CCOC(=O)N[C@H]1CS(=O)(=O)C[C@H]1NCc1cccc(Cl)c1. The third-order valence-corrected chi connectivity index (χ3v) is 5.36. The predicted molar refractivity (Wildman–Crippen MR) is 84.7 cm³/mol. The Labute approximate surface area is 135 Å². The fourth-order valence-electron chi connectivity index (χ4n) is 2.41. The van der Waals surface area contributed by atoms with Gasteiger partial charge in [-0.25, -0.2) is 13.2 Å². The van der Waals surface area contributed by atoms with Gasteiger partial charge in [0.15, 0.2) is 9.84 Å². The fraction of sp³-hybridized carbons (Fsp3) is 0.500. The number of carbonyl (C=O) groups excluding carboxylic acids is 1. The van der Waals surface area contributed by atoms with Crippen molar-refractivity contribution in [3.63, 3.8) is 0 Å². The summed E-state index contributed by atoms with van der Waals surface area (Å²) in [6, 6.07) is 6.47. The molecule has 0 radical (unpaired) electrons. The molecule has 0 bridgehead atoms. The molecule has 0 spiro atoms. The van der Waals surface area contributed by atoms with E-state index in [1.54, 1.807) is 13.0 Å². The molecule has 1 aliphatic heterocycles. The summed E-state index contributed by atoms with van der Waals surface area (Å²) in [5, 5.41) is 6.40. The topological polar surface area (TPSA) is 84.5 Å². The number of ether oxygens (including phenoxy) is 1. The first kappa shape index (κ1) is 17.1. The Bertz CT molecular complexity index is 635. The van der Waals surface area contributed by atoms with E-state index in [0.29, 0.717) is 11.6 Å². The highest BCUT2D eigenvalue weighted by molar-refractivity contribution is 7.91. The van der Waals surface area contributed by atoms with Crippen molar-refractivity contribution in [2.45, 2.75) is 25.6 Å². The number of benzene rings is 1. The smallest absolute Gasteiger partial charge is 0.407 e. The Morgan fingerprint density at radius 3 is 2.77 bits per heavy atom. The minimum Gasteiger partial charge on any atom is -0.450 e. The summed E-state index contributed by atoms with van der Waals surface area (Å²) in [6.45, 7) is 2.41. The highest BCUT2D eigenvalue weighted by atomic mass is 35.5. The van der Waals surface area contributed by atoms with E-state index in [2.05, 4.69) is 10.6 Å². The van der Waals surface area contributed by atoms with Crippen LogP contribution in [0.2, 0.25) is 5.02 Å². The van der Waals surface area contributed by atoms with Gasteiger partial charge in [-0.1, -0.05) is 23.7 Å². The van der Waals surface area contributed by atoms with Crippen molar-refractivity contribution >= 4 is 27.5 Å². The third kappa shape index (κ3) is 4.86. The third-order valence-electron chi connectivity index (χ3n) is 3.39. The molecular weight excluding hydrogens is 328 g/mol. The summed E-state index contributed by atoms with van der Waals surface area (Å²) in [7, 11) is -3.18. The molecule has 8 heteroatoms. The van der Waals surface area contributed by atoms with Crippen LogP contribution in [-0.4, -0.2) is 44.7 Å². The molecule has 1 saturated heterocycles. The molecule has 1 heterocycles. The molecule has 0 aliphatic carbocycles. The maximum absolute atomic E-state index is 11.8. The number of nitrogens with one attached hydrogen (secondary N) is 2. The van der Waals surface area contributed by atoms with Crippen molar-refractivity contribution in [1.82, 2.24) is 10.6 Å². The first-order valence-corrected chi connectivity index (χ1v) is 9.21. The monoisotopic (exact) mass is 346 g/mol. The van der Waals surface area contributed by atoms with Crippen molar-refractivity contribution < 1.29 is 17.9 Å². The average Bonchev–Trinajstić information content (AvgIpc) is 2.71. The quantitative estimate of drug-likeness (QED) is 0.840. The second kappa shape index (κ2) is 7.30. The average molecular weight is 347 g/mol. The summed E-state index contributed by atoms with van der Waals surface area (Å²) in [4.78, 5) is 11.5. The van der Waals surface area contributed by atoms with E-state index in [4.69, 9.17) is 16.3 Å². The first-order valence-electron chi connectivity index (χ1n) is 7.01. The van der Waals surface area contributed by atoms with Crippen molar-refractivity contribution in [2.75, 3.05) is 18.1 Å². The van der Waals surface area contributed by atoms with Gasteiger partial charge in [-0.15, -0.1) is 0 Å². The Morgan fingerprint density at radius 1 is 1.36 bits per heavy atom. The van der Waals surface area contributed by atoms with E-state index < -0.39 is 22.0 Å². The largest absolute Gasteiger partial charge is 0.450 e. The van der Waals surface area contributed by atoms with E-state index in [1.165, 1.54) is 0 Å². The molecule has 0 unspecified atom stereocenters. The van der Waals surface area contributed by atoms with Crippen LogP contribution in [-0.2, 0) is 21.1 Å². The second-order valence-electron chi connectivity index (χ2n) is 5.17. The van der Waals surface area contributed by atoms with Gasteiger partial charge in [-0.2, -0.15) is 0 Å². The van der Waals surface area contributed by atoms with Crippen molar-refractivity contribution in [3.8, 4) is 0 Å². The Hall–Kier alpha value is -1.31. The Morgan fingerprint density at radius 2 is 2.09 bits per heavy atom. The lowest BCUT2D eigenvalue weighted by Crippen LogP contribution is -2.49. The van der Waals surface area contributed by atoms with Crippen molar-refractivity contribution in [1.29, 1.82) is 0 Å². The van der Waals surface area contributed by atoms with Gasteiger partial charge in [0, 0.05) is 17.6 Å². The molecule has 2 rings (SSSR count). The molecule has 1 aromatic carbocycles. The molecule has 2 atom stereocenters. The van der Waals surface area contributed by atoms with Gasteiger partial charge < -0.3 is 15.4 Å². The molecule has 1 amide bonds. The van der Waals surface area contributed by atoms with Crippen molar-refractivity contribution in [3.05, 3.63) is 34.9 Å². The first-order chi connectivity index (χ1) is 10.4. The lowest BCUT2D eigenvalue weighted by Gasteiger charge is -2.20. The number of carbonyl (C=O) groups is 1. The summed E-state index contributed by atoms with van der Waals surface area (Å²) in [5.74, 6) is -0.0936. The van der Waals surface area contributed by atoms with E-state index >= 15 is 0 Å². The zero-order valence-corrected chi connectivity index (χ0v) is 13.8. The lowest BCUT2D eigenvalue weighted by atomic mass is 10.1. The Kier molecular flexibility index (Phi) is 5.66. The molecule has 1 aliphatic rings. The van der Waals surface area contributed by atoms with Gasteiger partial charge in [0.1, 0.15) is 0 Å². The van der Waals surface area contributed by atoms with Crippen LogP contribution in [0, 0.1) is 0 Å². The highest BCUT2D eigenvalue weighted by Crippen LogP contribution is 2.15. The summed E-state index contributed by atoms with van der Waals surface area (Å²) >= 11 is 5.92. The van der Waals surface area contributed by atoms with Crippen LogP contribution in [0.5, 0.6) is 0 Å². The fourth-order valence-corrected chi connectivity index (χ4v) is 4.52. The number of hydrogen-bond acceptors (Lipinski definition) is 5. The molecule has 1 aromatic rings. The number of halogens is 1. The zero-order valence-electron chi connectivity index (χ0n) is 12.2. The van der Waals surface area contributed by atoms with Crippen LogP contribution in [0.1, 0.15) is 12.5 Å². The van der Waals surface area contributed by atoms with E-state index in [-0.39, 0.29) is 24.2 Å². The van der Waals surface area contributed by atoms with Crippen LogP contribution in [0.3, 0.4) is 0 Å². The summed E-state index contributed by atoms with van der Waals surface area (Å²) < 4.78 is 28.4. The van der Waals surface area contributed by atoms with E-state index in [0.717, 1.165) is 5.56 Å². The van der Waals surface area contributed by atoms with Gasteiger partial charge in [-0.05, 0) is 24.6 Å². The zero-order chi connectivity index (χ0) is 16.2. The second-order valence-corrected chi connectivity index (χ2v) is 7.76. The predicted octanol–water partition coefficient (Wildman–Crippen LogP) is 1.34. The highest BCUT2D eigenvalue weighted by Gasteiger charge is 2.38. The number of hydrogen-bond donors (Lipinski definition) is 2. The van der Waals surface area contributed by atoms with Crippen LogP contribution >= 0.6 is 11.6 Å². The number of alkyl carbamates (subject to hydrolysis) is 1. The summed E-state index contributed by atoms with van der Waals surface area (Å²) in [6.07, 6.45) is -0.598. The van der Waals surface area contributed by atoms with Crippen LogP contribution < -0.4 is 10.6 Å². The Balaban J connectivity index is 1.98. The van der Waals surface area contributed by atoms with Crippen molar-refractivity contribution in [2.24, 2.45) is 0 Å². The molecule has 0 saturated carbocycles. The number of amides is 1. The minimum absolute atomic E-state index is 0.00929. The van der Waals surface area contributed by atoms with Gasteiger partial charge in [0.25, 0.3) is 0 Å². The summed E-state index contributed by atoms with van der Waals surface area (Å²) in [5.41, 5.74) is 0.951. The lowest BCUT2D eigenvalue weighted by molar-refractivity contribution is 0.147. The van der Waals surface area contributed by atoms with Gasteiger partial charge in [0.05, 0.1) is 24.2 Å². The maximum Gasteiger partial charge on any atom is 0.407 e. The number of rotatable bonds is 5. The van der Waals surface area contributed by atoms with Crippen LogP contribution in [0.15, 0.2) is 24.3 Å². The van der Waals surface area contributed by atoms with E-state index in [1.807, 2.05) is 18.2 Å². The van der Waals surface area contributed by atoms with E-state index in [9.17, 15) is 13.2 Å². The maximum atomic E-state index is 11.8. The van der Waals surface area contributed by atoms with Gasteiger partial charge in [0.2, 0.25) is 0 Å². The van der Waals surface area contributed by atoms with Crippen LogP contribution in [0.25, 0.3) is 0 Å². The van der Waals surface area contributed by atoms with Crippen LogP contribution in [0.4, 0.5) is 4.79 Å². The van der Waals surface area contributed by atoms with Gasteiger partial charge >= 0.3 is 6.09 Å². The molecule has 2 N–H and O–H groups in total. The number of sulfone groups is 1.